The molecule has 0 spiro atoms. The maximum absolute atomic E-state index is 12.2. The van der Waals surface area contributed by atoms with Crippen LogP contribution in [-0.4, -0.2) is 31.9 Å². The number of rotatable bonds is 10. The number of hydrogen-bond donors (Lipinski definition) is 2. The number of aromatic amines is 2. The lowest BCUT2D eigenvalue weighted by molar-refractivity contribution is -0.132. The van der Waals surface area contributed by atoms with Gasteiger partial charge in [0, 0.05) is 36.4 Å². The van der Waals surface area contributed by atoms with Crippen LogP contribution in [0.2, 0.25) is 0 Å². The van der Waals surface area contributed by atoms with Gasteiger partial charge in [0.05, 0.1) is 11.4 Å². The van der Waals surface area contributed by atoms with Gasteiger partial charge in [-0.05, 0) is 56.6 Å². The fraction of sp³-hybridized carbons (Fsp3) is 0.308. The molecule has 0 saturated heterocycles. The number of nitrogens with zero attached hydrogens (tertiary/aromatic N) is 2. The number of ether oxygens (including phenoxy) is 2. The van der Waals surface area contributed by atoms with Crippen molar-refractivity contribution in [1.29, 1.82) is 0 Å². The summed E-state index contributed by atoms with van der Waals surface area (Å²) in [6.07, 6.45) is 7.32. The van der Waals surface area contributed by atoms with E-state index in [4.69, 9.17) is 9.47 Å². The molecule has 0 aliphatic heterocycles. The number of nitrogens with one attached hydrogen (secondary N) is 2. The third-order valence-corrected chi connectivity index (χ3v) is 7.65. The molecule has 2 N–H and O–H groups in total. The molecule has 4 aromatic rings. The summed E-state index contributed by atoms with van der Waals surface area (Å²) in [5.41, 5.74) is 6.53. The van der Waals surface area contributed by atoms with Gasteiger partial charge in [-0.3, -0.25) is 0 Å². The van der Waals surface area contributed by atoms with Crippen molar-refractivity contribution in [3.63, 3.8) is 0 Å². The van der Waals surface area contributed by atoms with Crippen molar-refractivity contribution >= 4 is 34.6 Å². The molecule has 0 fully saturated rings. The summed E-state index contributed by atoms with van der Waals surface area (Å²) in [5, 5.41) is 8.51. The van der Waals surface area contributed by atoms with E-state index in [9.17, 15) is 9.59 Å². The second-order valence-electron chi connectivity index (χ2n) is 8.29. The summed E-state index contributed by atoms with van der Waals surface area (Å²) in [5.74, 6) is -1.36. The first kappa shape index (κ1) is 25.6. The van der Waals surface area contributed by atoms with Gasteiger partial charge in [-0.25, -0.2) is 9.59 Å². The Labute approximate surface area is 217 Å². The predicted molar refractivity (Wildman–Crippen MR) is 140 cm³/mol. The Morgan fingerprint density at radius 3 is 1.61 bits per heavy atom. The maximum atomic E-state index is 12.2. The van der Waals surface area contributed by atoms with Crippen molar-refractivity contribution in [2.75, 3.05) is 0 Å². The summed E-state index contributed by atoms with van der Waals surface area (Å²) in [7, 11) is 0. The SMILES string of the molecule is CCc1cscc1C(C)c1c[nH]c(OC(=O)/C=C/C(=O)Oc2nc(C(C)c3cscc3CC)c[nH]2)n1. The van der Waals surface area contributed by atoms with Crippen molar-refractivity contribution in [1.82, 2.24) is 19.9 Å². The number of aromatic nitrogens is 4. The van der Waals surface area contributed by atoms with Crippen molar-refractivity contribution in [2.24, 2.45) is 0 Å². The molecule has 4 aromatic heterocycles. The van der Waals surface area contributed by atoms with Gasteiger partial charge in [0.1, 0.15) is 0 Å². The van der Waals surface area contributed by atoms with Gasteiger partial charge in [0.2, 0.25) is 0 Å². The van der Waals surface area contributed by atoms with Crippen LogP contribution in [0, 0.1) is 0 Å². The molecule has 4 heterocycles. The number of thiophene rings is 2. The molecule has 2 unspecified atom stereocenters. The number of aryl methyl sites for hydroxylation is 2. The zero-order valence-corrected chi connectivity index (χ0v) is 22.2. The first-order valence-electron chi connectivity index (χ1n) is 11.7. The van der Waals surface area contributed by atoms with Crippen molar-refractivity contribution in [2.45, 2.75) is 52.4 Å². The second-order valence-corrected chi connectivity index (χ2v) is 9.78. The number of carbonyl (C=O) groups excluding carboxylic acids is 2. The second kappa shape index (κ2) is 11.5. The molecule has 8 nitrogen and oxygen atoms in total. The Balaban J connectivity index is 1.31. The van der Waals surface area contributed by atoms with Crippen LogP contribution in [0.3, 0.4) is 0 Å². The van der Waals surface area contributed by atoms with Gasteiger partial charge in [0.15, 0.2) is 0 Å². The number of imidazole rings is 2. The fourth-order valence-electron chi connectivity index (χ4n) is 3.90. The van der Waals surface area contributed by atoms with E-state index in [0.717, 1.165) is 36.4 Å². The average Bonchev–Trinajstić information content (AvgIpc) is 3.68. The quantitative estimate of drug-likeness (QED) is 0.202. The number of H-pyrrole nitrogens is 2. The van der Waals surface area contributed by atoms with Crippen LogP contribution < -0.4 is 9.47 Å². The molecule has 0 bridgehead atoms. The zero-order valence-electron chi connectivity index (χ0n) is 20.5. The van der Waals surface area contributed by atoms with Crippen LogP contribution in [0.1, 0.15) is 73.2 Å². The van der Waals surface area contributed by atoms with E-state index in [2.05, 4.69) is 69.2 Å². The Morgan fingerprint density at radius 1 is 0.806 bits per heavy atom. The normalized spacial score (nSPS) is 13.1. The molecule has 0 aliphatic carbocycles. The molecule has 4 rings (SSSR count). The predicted octanol–water partition coefficient (Wildman–Crippen LogP) is 5.75. The van der Waals surface area contributed by atoms with E-state index < -0.39 is 11.9 Å². The van der Waals surface area contributed by atoms with Gasteiger partial charge in [-0.2, -0.15) is 32.6 Å². The number of carbonyl (C=O) groups is 2. The van der Waals surface area contributed by atoms with Crippen LogP contribution in [0.4, 0.5) is 0 Å². The highest BCUT2D eigenvalue weighted by atomic mass is 32.1. The molecule has 0 aliphatic rings. The summed E-state index contributed by atoms with van der Waals surface area (Å²) >= 11 is 3.32. The average molecular weight is 525 g/mol. The smallest absolute Gasteiger partial charge is 0.338 e. The van der Waals surface area contributed by atoms with Crippen molar-refractivity contribution in [3.05, 3.63) is 79.7 Å². The highest BCUT2D eigenvalue weighted by Crippen LogP contribution is 2.31. The van der Waals surface area contributed by atoms with Crippen molar-refractivity contribution in [3.8, 4) is 12.0 Å². The van der Waals surface area contributed by atoms with Gasteiger partial charge in [-0.15, -0.1) is 0 Å². The third kappa shape index (κ3) is 5.83. The molecule has 36 heavy (non-hydrogen) atoms. The van der Waals surface area contributed by atoms with Gasteiger partial charge >= 0.3 is 24.0 Å². The Bertz CT molecular complexity index is 1260. The van der Waals surface area contributed by atoms with E-state index in [-0.39, 0.29) is 23.9 Å². The topological polar surface area (TPSA) is 110 Å². The third-order valence-electron chi connectivity index (χ3n) is 6.03. The molecule has 0 saturated carbocycles. The highest BCUT2D eigenvalue weighted by molar-refractivity contribution is 7.08. The number of hydrogen-bond acceptors (Lipinski definition) is 8. The van der Waals surface area contributed by atoms with E-state index in [1.165, 1.54) is 22.3 Å². The van der Waals surface area contributed by atoms with E-state index in [1.807, 2.05) is 0 Å². The molecule has 0 amide bonds. The molecular formula is C26H28N4O4S2. The minimum absolute atomic E-state index is 0.0645. The van der Waals surface area contributed by atoms with Crippen LogP contribution in [0.25, 0.3) is 0 Å². The summed E-state index contributed by atoms with van der Waals surface area (Å²) in [6, 6.07) is 0.135. The molecule has 188 valence electrons. The zero-order chi connectivity index (χ0) is 25.7. The van der Waals surface area contributed by atoms with Crippen LogP contribution >= 0.6 is 22.7 Å². The highest BCUT2D eigenvalue weighted by Gasteiger charge is 2.18. The van der Waals surface area contributed by atoms with Gasteiger partial charge in [0.25, 0.3) is 0 Å². The monoisotopic (exact) mass is 524 g/mol. The van der Waals surface area contributed by atoms with Gasteiger partial charge < -0.3 is 19.4 Å². The lowest BCUT2D eigenvalue weighted by Gasteiger charge is -2.09. The maximum Gasteiger partial charge on any atom is 0.338 e. The van der Waals surface area contributed by atoms with Crippen LogP contribution in [0.5, 0.6) is 12.0 Å². The van der Waals surface area contributed by atoms with Crippen LogP contribution in [-0.2, 0) is 22.4 Å². The van der Waals surface area contributed by atoms with Gasteiger partial charge in [-0.1, -0.05) is 27.7 Å². The first-order valence-corrected chi connectivity index (χ1v) is 13.6. The fourth-order valence-corrected chi connectivity index (χ4v) is 5.97. The van der Waals surface area contributed by atoms with Crippen LogP contribution in [0.15, 0.2) is 46.1 Å². The minimum atomic E-state index is -0.747. The Kier molecular flexibility index (Phi) is 8.17. The molecular weight excluding hydrogens is 496 g/mol. The standard InChI is InChI=1S/C26H28N4O4S2/c1-5-17-11-35-13-19(17)15(3)21-9-27-25(29-21)33-23(31)7-8-24(32)34-26-28-10-22(30-26)16(4)20-14-36-12-18(20)6-2/h7-16H,5-6H2,1-4H3,(H,27,29)(H,28,30)/b8-7+. The molecule has 2 atom stereocenters. The Hall–Kier alpha value is -3.50. The largest absolute Gasteiger partial charge is 0.389 e. The van der Waals surface area contributed by atoms with Crippen molar-refractivity contribution < 1.29 is 19.1 Å². The molecule has 0 radical (unpaired) electrons. The first-order chi connectivity index (χ1) is 17.4. The van der Waals surface area contributed by atoms with E-state index >= 15 is 0 Å². The number of esters is 2. The lowest BCUT2D eigenvalue weighted by Crippen LogP contribution is -2.09. The summed E-state index contributed by atoms with van der Waals surface area (Å²) in [4.78, 5) is 38.8. The Morgan fingerprint density at radius 2 is 1.22 bits per heavy atom. The molecule has 10 heteroatoms. The summed E-state index contributed by atoms with van der Waals surface area (Å²) < 4.78 is 10.4. The summed E-state index contributed by atoms with van der Waals surface area (Å²) in [6.45, 7) is 8.35. The van der Waals surface area contributed by atoms with E-state index in [1.54, 1.807) is 35.1 Å². The lowest BCUT2D eigenvalue weighted by atomic mass is 9.96. The minimum Gasteiger partial charge on any atom is -0.389 e. The van der Waals surface area contributed by atoms with E-state index in [0.29, 0.717) is 0 Å². The molecule has 0 aromatic carbocycles.